The third-order valence-electron chi connectivity index (χ3n) is 2.31. The monoisotopic (exact) mass is 220 g/mol. The largest absolute Gasteiger partial charge is 0.353 e. The first-order valence-corrected chi connectivity index (χ1v) is 5.20. The van der Waals surface area contributed by atoms with E-state index in [1.807, 2.05) is 29.9 Å². The second-order valence-electron chi connectivity index (χ2n) is 3.29. The summed E-state index contributed by atoms with van der Waals surface area (Å²) in [6, 6.07) is 3.83. The quantitative estimate of drug-likeness (QED) is 0.788. The van der Waals surface area contributed by atoms with E-state index < -0.39 is 0 Å². The van der Waals surface area contributed by atoms with Gasteiger partial charge in [0.15, 0.2) is 5.82 Å². The Bertz CT molecular complexity index is 526. The van der Waals surface area contributed by atoms with Crippen LogP contribution in [0.25, 0.3) is 11.4 Å². The number of rotatable bonds is 2. The van der Waals surface area contributed by atoms with Crippen molar-refractivity contribution in [3.63, 3.8) is 0 Å². The van der Waals surface area contributed by atoms with E-state index in [2.05, 4.69) is 22.1 Å². The van der Waals surface area contributed by atoms with Crippen LogP contribution in [-0.4, -0.2) is 19.7 Å². The molecule has 0 amide bonds. The number of pyridine rings is 1. The van der Waals surface area contributed by atoms with Gasteiger partial charge < -0.3 is 9.55 Å². The van der Waals surface area contributed by atoms with Crippen LogP contribution >= 0.6 is 12.2 Å². The summed E-state index contributed by atoms with van der Waals surface area (Å²) in [4.78, 5) is 2.94. The molecule has 0 aliphatic carbocycles. The van der Waals surface area contributed by atoms with Crippen LogP contribution in [0.15, 0.2) is 18.3 Å². The van der Waals surface area contributed by atoms with Crippen LogP contribution in [0.5, 0.6) is 0 Å². The van der Waals surface area contributed by atoms with Gasteiger partial charge in [0, 0.05) is 25.2 Å². The van der Waals surface area contributed by atoms with Gasteiger partial charge in [0.05, 0.1) is 0 Å². The van der Waals surface area contributed by atoms with Crippen LogP contribution in [0, 0.1) is 4.64 Å². The van der Waals surface area contributed by atoms with Crippen molar-refractivity contribution in [2.75, 3.05) is 0 Å². The van der Waals surface area contributed by atoms with Crippen LogP contribution in [0.4, 0.5) is 0 Å². The minimum absolute atomic E-state index is 0.702. The van der Waals surface area contributed by atoms with Gasteiger partial charge in [0.1, 0.15) is 10.5 Å². The van der Waals surface area contributed by atoms with Gasteiger partial charge in [-0.15, -0.1) is 10.2 Å². The molecule has 0 aliphatic rings. The predicted molar refractivity (Wildman–Crippen MR) is 61.0 cm³/mol. The van der Waals surface area contributed by atoms with Crippen molar-refractivity contribution in [2.45, 2.75) is 13.3 Å². The van der Waals surface area contributed by atoms with Crippen LogP contribution in [0.3, 0.4) is 0 Å². The van der Waals surface area contributed by atoms with Crippen molar-refractivity contribution in [2.24, 2.45) is 7.05 Å². The van der Waals surface area contributed by atoms with Crippen molar-refractivity contribution in [3.05, 3.63) is 28.8 Å². The Hall–Kier alpha value is -1.49. The normalized spacial score (nSPS) is 10.5. The summed E-state index contributed by atoms with van der Waals surface area (Å²) in [7, 11) is 1.97. The van der Waals surface area contributed by atoms with E-state index >= 15 is 0 Å². The molecule has 5 heteroatoms. The smallest absolute Gasteiger partial charge is 0.163 e. The molecule has 78 valence electrons. The molecule has 0 saturated carbocycles. The SMILES string of the molecule is CCc1nnc(-c2cc[nH]c(=S)c2)n1C. The highest BCUT2D eigenvalue weighted by atomic mass is 32.1. The van der Waals surface area contributed by atoms with E-state index in [1.54, 1.807) is 0 Å². The summed E-state index contributed by atoms with van der Waals surface area (Å²) >= 11 is 5.06. The van der Waals surface area contributed by atoms with E-state index in [-0.39, 0.29) is 0 Å². The van der Waals surface area contributed by atoms with Crippen molar-refractivity contribution in [3.8, 4) is 11.4 Å². The van der Waals surface area contributed by atoms with Crippen molar-refractivity contribution < 1.29 is 0 Å². The first kappa shape index (κ1) is 10.0. The molecule has 0 aliphatic heterocycles. The standard InChI is InChI=1S/C10H12N4S/c1-3-8-12-13-10(14(8)2)7-4-5-11-9(15)6-7/h4-6H,3H2,1-2H3,(H,11,15). The Labute approximate surface area is 93.0 Å². The second kappa shape index (κ2) is 3.94. The number of hydrogen-bond donors (Lipinski definition) is 1. The topological polar surface area (TPSA) is 46.5 Å². The Kier molecular flexibility index (Phi) is 2.64. The van der Waals surface area contributed by atoms with Crippen molar-refractivity contribution in [1.82, 2.24) is 19.7 Å². The minimum atomic E-state index is 0.702. The van der Waals surface area contributed by atoms with E-state index in [0.717, 1.165) is 23.6 Å². The Morgan fingerprint density at radius 2 is 2.27 bits per heavy atom. The van der Waals surface area contributed by atoms with Crippen molar-refractivity contribution in [1.29, 1.82) is 0 Å². The van der Waals surface area contributed by atoms with Gasteiger partial charge >= 0.3 is 0 Å². The molecular formula is C10H12N4S. The highest BCUT2D eigenvalue weighted by Gasteiger charge is 2.08. The highest BCUT2D eigenvalue weighted by molar-refractivity contribution is 7.71. The summed E-state index contributed by atoms with van der Waals surface area (Å²) in [5.41, 5.74) is 0.994. The molecule has 2 aromatic heterocycles. The van der Waals surface area contributed by atoms with Crippen LogP contribution in [0.1, 0.15) is 12.7 Å². The number of hydrogen-bond acceptors (Lipinski definition) is 3. The van der Waals surface area contributed by atoms with Gasteiger partial charge in [-0.05, 0) is 12.1 Å². The van der Waals surface area contributed by atoms with E-state index in [4.69, 9.17) is 12.2 Å². The average molecular weight is 220 g/mol. The molecule has 0 radical (unpaired) electrons. The second-order valence-corrected chi connectivity index (χ2v) is 3.73. The van der Waals surface area contributed by atoms with Gasteiger partial charge in [-0.3, -0.25) is 0 Å². The zero-order valence-corrected chi connectivity index (χ0v) is 9.51. The number of nitrogens with one attached hydrogen (secondary N) is 1. The van der Waals surface area contributed by atoms with Gasteiger partial charge in [0.2, 0.25) is 0 Å². The maximum Gasteiger partial charge on any atom is 0.163 e. The number of aromatic nitrogens is 4. The average Bonchev–Trinajstić information content (AvgIpc) is 2.59. The van der Waals surface area contributed by atoms with E-state index in [0.29, 0.717) is 4.64 Å². The number of H-pyrrole nitrogens is 1. The molecule has 0 fully saturated rings. The first-order chi connectivity index (χ1) is 7.22. The molecule has 2 rings (SSSR count). The lowest BCUT2D eigenvalue weighted by Crippen LogP contribution is -1.98. The molecular weight excluding hydrogens is 208 g/mol. The lowest BCUT2D eigenvalue weighted by atomic mass is 10.2. The Balaban J connectivity index is 2.54. The maximum absolute atomic E-state index is 5.06. The van der Waals surface area contributed by atoms with Gasteiger partial charge in [-0.2, -0.15) is 0 Å². The minimum Gasteiger partial charge on any atom is -0.353 e. The zero-order chi connectivity index (χ0) is 10.8. The Morgan fingerprint density at radius 1 is 1.47 bits per heavy atom. The molecule has 0 atom stereocenters. The molecule has 4 nitrogen and oxygen atoms in total. The molecule has 1 N–H and O–H groups in total. The molecule has 0 aromatic carbocycles. The highest BCUT2D eigenvalue weighted by Crippen LogP contribution is 2.16. The molecule has 2 heterocycles. The summed E-state index contributed by atoms with van der Waals surface area (Å²) in [6.45, 7) is 2.06. The predicted octanol–water partition coefficient (Wildman–Crippen LogP) is 2.10. The van der Waals surface area contributed by atoms with E-state index in [1.165, 1.54) is 0 Å². The van der Waals surface area contributed by atoms with Crippen molar-refractivity contribution >= 4 is 12.2 Å². The molecule has 2 aromatic rings. The number of aryl methyl sites for hydroxylation is 1. The fourth-order valence-corrected chi connectivity index (χ4v) is 1.70. The summed E-state index contributed by atoms with van der Waals surface area (Å²) in [5, 5.41) is 8.26. The third-order valence-corrected chi connectivity index (χ3v) is 2.55. The van der Waals surface area contributed by atoms with Gasteiger partial charge in [0.25, 0.3) is 0 Å². The van der Waals surface area contributed by atoms with Crippen LogP contribution < -0.4 is 0 Å². The lowest BCUT2D eigenvalue weighted by Gasteiger charge is -2.01. The first-order valence-electron chi connectivity index (χ1n) is 4.79. The molecule has 0 bridgehead atoms. The summed E-state index contributed by atoms with van der Waals surface area (Å²) in [5.74, 6) is 1.83. The fraction of sp³-hybridized carbons (Fsp3) is 0.300. The summed E-state index contributed by atoms with van der Waals surface area (Å²) < 4.78 is 2.69. The molecule has 0 unspecified atom stereocenters. The molecule has 0 saturated heterocycles. The van der Waals surface area contributed by atoms with Gasteiger partial charge in [-0.1, -0.05) is 19.1 Å². The third kappa shape index (κ3) is 1.83. The number of nitrogens with zero attached hydrogens (tertiary/aromatic N) is 3. The molecule has 0 spiro atoms. The maximum atomic E-state index is 5.06. The number of aromatic amines is 1. The van der Waals surface area contributed by atoms with Crippen LogP contribution in [0.2, 0.25) is 0 Å². The summed E-state index contributed by atoms with van der Waals surface area (Å²) in [6.07, 6.45) is 2.70. The van der Waals surface area contributed by atoms with Crippen LogP contribution in [-0.2, 0) is 13.5 Å². The van der Waals surface area contributed by atoms with Gasteiger partial charge in [-0.25, -0.2) is 0 Å². The van der Waals surface area contributed by atoms with E-state index in [9.17, 15) is 0 Å². The fourth-order valence-electron chi connectivity index (χ4n) is 1.50. The molecule has 15 heavy (non-hydrogen) atoms. The Morgan fingerprint density at radius 3 is 2.87 bits per heavy atom. The zero-order valence-electron chi connectivity index (χ0n) is 8.69. The lowest BCUT2D eigenvalue weighted by molar-refractivity contribution is 0.811.